The fourth-order valence-electron chi connectivity index (χ4n) is 1.30. The van der Waals surface area contributed by atoms with Gasteiger partial charge in [-0.15, -0.1) is 0 Å². The van der Waals surface area contributed by atoms with Crippen LogP contribution in [0.1, 0.15) is 33.6 Å². The second-order valence-electron chi connectivity index (χ2n) is 3.67. The molecule has 98 valence electrons. The Morgan fingerprint density at radius 3 is 2.67 bits per heavy atom. The fraction of sp³-hybridized carbons (Fsp3) is 0.333. The first-order valence-corrected chi connectivity index (χ1v) is 5.62. The number of nitrogens with two attached hydrogens (primary N) is 1. The van der Waals surface area contributed by atoms with Crippen molar-refractivity contribution in [3.05, 3.63) is 35.4 Å². The Bertz CT molecular complexity index is 420. The largest absolute Gasteiger partial charge is 0.478 e. The molecule has 0 saturated carbocycles. The van der Waals surface area contributed by atoms with Crippen LogP contribution in [0.15, 0.2) is 24.3 Å². The Labute approximate surface area is 105 Å². The normalized spacial score (nSPS) is 10.1. The number of benzene rings is 1. The number of hydroxylamine groups is 1. The van der Waals surface area contributed by atoms with E-state index in [2.05, 4.69) is 5.48 Å². The van der Waals surface area contributed by atoms with Gasteiger partial charge in [0.05, 0.1) is 11.1 Å². The smallest absolute Gasteiger partial charge is 0.356 e. The zero-order valence-electron chi connectivity index (χ0n) is 9.89. The Hall–Kier alpha value is -1.92. The monoisotopic (exact) mass is 252 g/mol. The molecule has 0 saturated heterocycles. The summed E-state index contributed by atoms with van der Waals surface area (Å²) < 4.78 is 0. The van der Waals surface area contributed by atoms with Crippen molar-refractivity contribution in [2.24, 2.45) is 5.73 Å². The van der Waals surface area contributed by atoms with Gasteiger partial charge >= 0.3 is 11.9 Å². The summed E-state index contributed by atoms with van der Waals surface area (Å²) in [6, 6.07) is 5.67. The SMILES string of the molecule is NCCCCNOC(=O)c1cccc(C(=O)O)c1. The minimum absolute atomic E-state index is 0.0487. The van der Waals surface area contributed by atoms with E-state index in [4.69, 9.17) is 15.7 Å². The first-order chi connectivity index (χ1) is 8.65. The van der Waals surface area contributed by atoms with Gasteiger partial charge in [-0.05, 0) is 37.6 Å². The molecule has 1 aromatic carbocycles. The Morgan fingerprint density at radius 2 is 2.00 bits per heavy atom. The highest BCUT2D eigenvalue weighted by Gasteiger charge is 2.10. The number of rotatable bonds is 7. The molecule has 1 rings (SSSR count). The highest BCUT2D eigenvalue weighted by atomic mass is 16.7. The van der Waals surface area contributed by atoms with Gasteiger partial charge in [0.15, 0.2) is 0 Å². The number of carbonyl (C=O) groups excluding carboxylic acids is 1. The summed E-state index contributed by atoms with van der Waals surface area (Å²) in [5.74, 6) is -1.69. The van der Waals surface area contributed by atoms with Gasteiger partial charge in [-0.25, -0.2) is 9.59 Å². The van der Waals surface area contributed by atoms with Gasteiger partial charge in [0.1, 0.15) is 0 Å². The van der Waals surface area contributed by atoms with E-state index in [1.807, 2.05) is 0 Å². The Kier molecular flexibility index (Phi) is 5.83. The van der Waals surface area contributed by atoms with Crippen LogP contribution in [0.4, 0.5) is 0 Å². The maximum atomic E-state index is 11.5. The topological polar surface area (TPSA) is 102 Å². The van der Waals surface area contributed by atoms with Crippen LogP contribution in [0.5, 0.6) is 0 Å². The molecule has 0 bridgehead atoms. The lowest BCUT2D eigenvalue weighted by atomic mass is 10.1. The summed E-state index contributed by atoms with van der Waals surface area (Å²) in [5, 5.41) is 8.78. The first kappa shape index (κ1) is 14.1. The molecule has 0 radical (unpaired) electrons. The van der Waals surface area contributed by atoms with Gasteiger partial charge in [0.25, 0.3) is 0 Å². The van der Waals surface area contributed by atoms with Crippen LogP contribution < -0.4 is 11.2 Å². The summed E-state index contributed by atoms with van der Waals surface area (Å²) in [6.07, 6.45) is 1.65. The van der Waals surface area contributed by atoms with E-state index >= 15 is 0 Å². The molecule has 0 aliphatic heterocycles. The molecule has 4 N–H and O–H groups in total. The number of carboxylic acid groups (broad SMARTS) is 1. The van der Waals surface area contributed by atoms with E-state index < -0.39 is 11.9 Å². The summed E-state index contributed by atoms with van der Waals surface area (Å²) in [6.45, 7) is 1.11. The van der Waals surface area contributed by atoms with Gasteiger partial charge in [0, 0.05) is 6.54 Å². The molecule has 0 atom stereocenters. The molecule has 0 spiro atoms. The molecule has 18 heavy (non-hydrogen) atoms. The standard InChI is InChI=1S/C12H16N2O4/c13-6-1-2-7-14-18-12(17)10-5-3-4-9(8-10)11(15)16/h3-5,8,14H,1-2,6-7,13H2,(H,15,16). The van der Waals surface area contributed by atoms with Crippen LogP contribution in [-0.2, 0) is 4.84 Å². The molecule has 6 nitrogen and oxygen atoms in total. The predicted molar refractivity (Wildman–Crippen MR) is 65.1 cm³/mol. The highest BCUT2D eigenvalue weighted by Crippen LogP contribution is 2.06. The molecule has 0 heterocycles. The molecule has 0 unspecified atom stereocenters. The van der Waals surface area contributed by atoms with Crippen molar-refractivity contribution in [3.63, 3.8) is 0 Å². The summed E-state index contributed by atoms with van der Waals surface area (Å²) in [5.41, 5.74) is 8.07. The molecule has 0 aliphatic carbocycles. The maximum absolute atomic E-state index is 11.5. The molecule has 1 aromatic rings. The van der Waals surface area contributed by atoms with E-state index in [-0.39, 0.29) is 11.1 Å². The summed E-state index contributed by atoms with van der Waals surface area (Å²) in [7, 11) is 0. The van der Waals surface area contributed by atoms with Gasteiger partial charge in [-0.3, -0.25) is 0 Å². The lowest BCUT2D eigenvalue weighted by molar-refractivity contribution is 0.0251. The number of aromatic carboxylic acids is 1. The van der Waals surface area contributed by atoms with Crippen molar-refractivity contribution in [3.8, 4) is 0 Å². The second-order valence-corrected chi connectivity index (χ2v) is 3.67. The zero-order valence-corrected chi connectivity index (χ0v) is 9.89. The molecule has 6 heteroatoms. The third kappa shape index (κ3) is 4.52. The lowest BCUT2D eigenvalue weighted by Gasteiger charge is -2.05. The van der Waals surface area contributed by atoms with Crippen molar-refractivity contribution in [1.82, 2.24) is 5.48 Å². The number of nitrogens with one attached hydrogen (secondary N) is 1. The lowest BCUT2D eigenvalue weighted by Crippen LogP contribution is -2.21. The predicted octanol–water partition coefficient (Wildman–Crippen LogP) is 0.785. The summed E-state index contributed by atoms with van der Waals surface area (Å²) in [4.78, 5) is 27.1. The van der Waals surface area contributed by atoms with E-state index in [9.17, 15) is 9.59 Å². The van der Waals surface area contributed by atoms with Crippen LogP contribution in [0.25, 0.3) is 0 Å². The fourth-order valence-corrected chi connectivity index (χ4v) is 1.30. The van der Waals surface area contributed by atoms with E-state index in [1.54, 1.807) is 0 Å². The molecule has 0 fully saturated rings. The number of carbonyl (C=O) groups is 2. The molecule has 0 aromatic heterocycles. The van der Waals surface area contributed by atoms with Crippen molar-refractivity contribution < 1.29 is 19.5 Å². The van der Waals surface area contributed by atoms with Gasteiger partial charge < -0.3 is 15.7 Å². The molecule has 0 amide bonds. The number of unbranched alkanes of at least 4 members (excludes halogenated alkanes) is 1. The number of carboxylic acids is 1. The van der Waals surface area contributed by atoms with Crippen LogP contribution in [0, 0.1) is 0 Å². The molecular weight excluding hydrogens is 236 g/mol. The molecule has 0 aliphatic rings. The van der Waals surface area contributed by atoms with Crippen LogP contribution in [-0.4, -0.2) is 30.1 Å². The Morgan fingerprint density at radius 1 is 1.28 bits per heavy atom. The van der Waals surface area contributed by atoms with Crippen molar-refractivity contribution >= 4 is 11.9 Å². The molecular formula is C12H16N2O4. The van der Waals surface area contributed by atoms with Crippen molar-refractivity contribution in [2.45, 2.75) is 12.8 Å². The minimum atomic E-state index is -1.08. The van der Waals surface area contributed by atoms with Gasteiger partial charge in [-0.2, -0.15) is 5.48 Å². The van der Waals surface area contributed by atoms with Gasteiger partial charge in [0.2, 0.25) is 0 Å². The van der Waals surface area contributed by atoms with Crippen LogP contribution >= 0.6 is 0 Å². The average Bonchev–Trinajstić information content (AvgIpc) is 2.38. The number of hydrogen-bond donors (Lipinski definition) is 3. The average molecular weight is 252 g/mol. The third-order valence-electron chi connectivity index (χ3n) is 2.24. The van der Waals surface area contributed by atoms with E-state index in [0.717, 1.165) is 12.8 Å². The van der Waals surface area contributed by atoms with E-state index in [1.165, 1.54) is 24.3 Å². The van der Waals surface area contributed by atoms with Crippen LogP contribution in [0.3, 0.4) is 0 Å². The third-order valence-corrected chi connectivity index (χ3v) is 2.24. The summed E-state index contributed by atoms with van der Waals surface area (Å²) >= 11 is 0. The highest BCUT2D eigenvalue weighted by molar-refractivity contribution is 5.94. The van der Waals surface area contributed by atoms with Crippen molar-refractivity contribution in [1.29, 1.82) is 0 Å². The number of hydrogen-bond acceptors (Lipinski definition) is 5. The second kappa shape index (κ2) is 7.41. The van der Waals surface area contributed by atoms with Crippen LogP contribution in [0.2, 0.25) is 0 Å². The van der Waals surface area contributed by atoms with Crippen molar-refractivity contribution in [2.75, 3.05) is 13.1 Å². The van der Waals surface area contributed by atoms with Gasteiger partial charge in [-0.1, -0.05) is 6.07 Å². The first-order valence-electron chi connectivity index (χ1n) is 5.62. The minimum Gasteiger partial charge on any atom is -0.478 e. The maximum Gasteiger partial charge on any atom is 0.356 e. The van der Waals surface area contributed by atoms with E-state index in [0.29, 0.717) is 13.1 Å². The zero-order chi connectivity index (χ0) is 13.4. The quantitative estimate of drug-likeness (QED) is 0.489. The Balaban J connectivity index is 2.46.